The highest BCUT2D eigenvalue weighted by Crippen LogP contribution is 1.99. The fourth-order valence-electron chi connectivity index (χ4n) is 1.83. The maximum absolute atomic E-state index is 11.6. The number of unbranched alkanes of at least 4 members (excludes halogenated alkanes) is 1. The van der Waals surface area contributed by atoms with Gasteiger partial charge in [-0.15, -0.1) is 0 Å². The molecule has 0 aromatic heterocycles. The first kappa shape index (κ1) is 21.8. The van der Waals surface area contributed by atoms with E-state index < -0.39 is 24.5 Å². The molecule has 0 saturated carbocycles. The van der Waals surface area contributed by atoms with Crippen molar-refractivity contribution in [2.24, 2.45) is 0 Å². The molecule has 9 heteroatoms. The molecule has 0 heterocycles. The van der Waals surface area contributed by atoms with Crippen LogP contribution < -0.4 is 16.0 Å². The van der Waals surface area contributed by atoms with Gasteiger partial charge < -0.3 is 26.2 Å². The Hall–Kier alpha value is -2.16. The molecule has 1 unspecified atom stereocenters. The second kappa shape index (κ2) is 13.3. The van der Waals surface area contributed by atoms with Crippen molar-refractivity contribution in [3.05, 3.63) is 0 Å². The number of carbonyl (C=O) groups is 4. The van der Waals surface area contributed by atoms with Crippen LogP contribution in [0.1, 0.15) is 45.4 Å². The van der Waals surface area contributed by atoms with E-state index in [1.54, 1.807) is 0 Å². The minimum absolute atomic E-state index is 0.0599. The third kappa shape index (κ3) is 11.4. The van der Waals surface area contributed by atoms with Gasteiger partial charge in [0.25, 0.3) is 0 Å². The van der Waals surface area contributed by atoms with Crippen LogP contribution in [-0.2, 0) is 19.2 Å². The second-order valence-corrected chi connectivity index (χ2v) is 5.31. The van der Waals surface area contributed by atoms with Gasteiger partial charge in [-0.3, -0.25) is 14.4 Å². The Morgan fingerprint density at radius 3 is 2.04 bits per heavy atom. The lowest BCUT2D eigenvalue weighted by Crippen LogP contribution is -2.42. The molecule has 5 N–H and O–H groups in total. The fraction of sp³-hybridized carbons (Fsp3) is 0.733. The molecule has 0 radical (unpaired) electrons. The van der Waals surface area contributed by atoms with Crippen molar-refractivity contribution in [3.63, 3.8) is 0 Å². The Kier molecular flexibility index (Phi) is 12.1. The van der Waals surface area contributed by atoms with E-state index in [4.69, 9.17) is 10.2 Å². The highest BCUT2D eigenvalue weighted by atomic mass is 16.4. The highest BCUT2D eigenvalue weighted by molar-refractivity contribution is 5.84. The number of aliphatic carboxylic acids is 1. The van der Waals surface area contributed by atoms with E-state index in [-0.39, 0.29) is 24.7 Å². The lowest BCUT2D eigenvalue weighted by atomic mass is 10.1. The monoisotopic (exact) mass is 345 g/mol. The molecular formula is C15H27N3O6. The maximum atomic E-state index is 11.6. The number of hydrogen-bond acceptors (Lipinski definition) is 5. The van der Waals surface area contributed by atoms with Crippen molar-refractivity contribution in [3.8, 4) is 0 Å². The number of carboxylic acids is 1. The lowest BCUT2D eigenvalue weighted by molar-refractivity contribution is -0.142. The van der Waals surface area contributed by atoms with Crippen molar-refractivity contribution in [1.29, 1.82) is 0 Å². The molecule has 0 aromatic rings. The number of aliphatic hydroxyl groups is 1. The molecule has 0 aliphatic rings. The lowest BCUT2D eigenvalue weighted by Gasteiger charge is -2.13. The van der Waals surface area contributed by atoms with Gasteiger partial charge in [-0.05, 0) is 19.3 Å². The first-order valence-corrected chi connectivity index (χ1v) is 8.07. The maximum Gasteiger partial charge on any atom is 0.326 e. The highest BCUT2D eigenvalue weighted by Gasteiger charge is 2.20. The van der Waals surface area contributed by atoms with Gasteiger partial charge in [-0.25, -0.2) is 4.79 Å². The molecule has 0 rings (SSSR count). The van der Waals surface area contributed by atoms with Gasteiger partial charge in [0.15, 0.2) is 0 Å². The van der Waals surface area contributed by atoms with E-state index in [9.17, 15) is 19.2 Å². The first-order chi connectivity index (χ1) is 11.4. The minimum atomic E-state index is -1.27. The Morgan fingerprint density at radius 2 is 1.50 bits per heavy atom. The van der Waals surface area contributed by atoms with E-state index in [2.05, 4.69) is 16.0 Å². The summed E-state index contributed by atoms with van der Waals surface area (Å²) in [4.78, 5) is 45.0. The molecular weight excluding hydrogens is 318 g/mol. The number of carboxylic acid groups (broad SMARTS) is 1. The van der Waals surface area contributed by atoms with Gasteiger partial charge >= 0.3 is 5.97 Å². The van der Waals surface area contributed by atoms with E-state index in [0.717, 1.165) is 12.8 Å². The van der Waals surface area contributed by atoms with Crippen LogP contribution in [-0.4, -0.2) is 59.6 Å². The summed E-state index contributed by atoms with van der Waals surface area (Å²) in [7, 11) is 0. The van der Waals surface area contributed by atoms with E-state index >= 15 is 0 Å². The summed E-state index contributed by atoms with van der Waals surface area (Å²) in [6.07, 6.45) is 2.59. The SMILES string of the molecule is CCCCNC(=O)CCCNC(=O)CCC(NC(=O)CO)C(=O)O. The van der Waals surface area contributed by atoms with Crippen LogP contribution in [0.3, 0.4) is 0 Å². The predicted octanol–water partition coefficient (Wildman–Crippen LogP) is -0.859. The van der Waals surface area contributed by atoms with Crippen LogP contribution in [0.2, 0.25) is 0 Å². The molecule has 0 aromatic carbocycles. The van der Waals surface area contributed by atoms with Gasteiger partial charge in [0.1, 0.15) is 12.6 Å². The summed E-state index contributed by atoms with van der Waals surface area (Å²) >= 11 is 0. The van der Waals surface area contributed by atoms with Crippen molar-refractivity contribution in [1.82, 2.24) is 16.0 Å². The summed E-state index contributed by atoms with van der Waals surface area (Å²) in [6.45, 7) is 2.20. The third-order valence-corrected chi connectivity index (χ3v) is 3.19. The predicted molar refractivity (Wildman–Crippen MR) is 86.0 cm³/mol. The topological polar surface area (TPSA) is 145 Å². The molecule has 9 nitrogen and oxygen atoms in total. The normalized spacial score (nSPS) is 11.4. The largest absolute Gasteiger partial charge is 0.480 e. The van der Waals surface area contributed by atoms with Crippen molar-refractivity contribution < 1.29 is 29.4 Å². The minimum Gasteiger partial charge on any atom is -0.480 e. The number of carbonyl (C=O) groups excluding carboxylic acids is 3. The van der Waals surface area contributed by atoms with Gasteiger partial charge in [-0.2, -0.15) is 0 Å². The zero-order chi connectivity index (χ0) is 18.4. The van der Waals surface area contributed by atoms with Crippen LogP contribution in [0, 0.1) is 0 Å². The molecule has 0 aliphatic carbocycles. The number of rotatable bonds is 13. The molecule has 0 fully saturated rings. The summed E-state index contributed by atoms with van der Waals surface area (Å²) in [5.74, 6) is -2.49. The van der Waals surface area contributed by atoms with Crippen LogP contribution in [0.4, 0.5) is 0 Å². The number of aliphatic hydroxyl groups excluding tert-OH is 1. The molecule has 3 amide bonds. The Labute approximate surface area is 141 Å². The quantitative estimate of drug-likeness (QED) is 0.275. The van der Waals surface area contributed by atoms with Gasteiger partial charge in [0.2, 0.25) is 17.7 Å². The van der Waals surface area contributed by atoms with Crippen LogP contribution in [0.25, 0.3) is 0 Å². The molecule has 1 atom stereocenters. The van der Waals surface area contributed by atoms with Crippen LogP contribution in [0.15, 0.2) is 0 Å². The number of hydrogen-bond donors (Lipinski definition) is 5. The first-order valence-electron chi connectivity index (χ1n) is 8.07. The van der Waals surface area contributed by atoms with Gasteiger partial charge in [0.05, 0.1) is 0 Å². The number of nitrogens with one attached hydrogen (secondary N) is 3. The van der Waals surface area contributed by atoms with E-state index in [1.807, 2.05) is 6.92 Å². The third-order valence-electron chi connectivity index (χ3n) is 3.19. The van der Waals surface area contributed by atoms with Crippen molar-refractivity contribution in [2.75, 3.05) is 19.7 Å². The molecule has 0 spiro atoms. The zero-order valence-electron chi connectivity index (χ0n) is 14.0. The summed E-state index contributed by atoms with van der Waals surface area (Å²) in [5, 5.41) is 25.0. The van der Waals surface area contributed by atoms with E-state index in [1.165, 1.54) is 0 Å². The number of amides is 3. The standard InChI is InChI=1S/C15H27N3O6/c1-2-3-8-16-12(20)5-4-9-17-13(21)7-6-11(15(23)24)18-14(22)10-19/h11,19H,2-10H2,1H3,(H,16,20)(H,17,21)(H,18,22)(H,23,24). The van der Waals surface area contributed by atoms with Crippen LogP contribution >= 0.6 is 0 Å². The van der Waals surface area contributed by atoms with Crippen molar-refractivity contribution in [2.45, 2.75) is 51.5 Å². The van der Waals surface area contributed by atoms with Gasteiger partial charge in [0, 0.05) is 25.9 Å². The molecule has 0 aliphatic heterocycles. The Balaban J connectivity index is 3.86. The second-order valence-electron chi connectivity index (χ2n) is 5.31. The summed E-state index contributed by atoms with van der Waals surface area (Å²) in [6, 6.07) is -1.22. The summed E-state index contributed by atoms with van der Waals surface area (Å²) in [5.41, 5.74) is 0. The molecule has 138 valence electrons. The Bertz CT molecular complexity index is 427. The molecule has 0 saturated heterocycles. The van der Waals surface area contributed by atoms with Crippen LogP contribution in [0.5, 0.6) is 0 Å². The molecule has 24 heavy (non-hydrogen) atoms. The van der Waals surface area contributed by atoms with Gasteiger partial charge in [-0.1, -0.05) is 13.3 Å². The average Bonchev–Trinajstić information content (AvgIpc) is 2.55. The average molecular weight is 345 g/mol. The van der Waals surface area contributed by atoms with Crippen molar-refractivity contribution >= 4 is 23.7 Å². The fourth-order valence-corrected chi connectivity index (χ4v) is 1.83. The summed E-state index contributed by atoms with van der Waals surface area (Å²) < 4.78 is 0. The Morgan fingerprint density at radius 1 is 0.917 bits per heavy atom. The molecule has 0 bridgehead atoms. The van der Waals surface area contributed by atoms with E-state index in [0.29, 0.717) is 25.9 Å². The smallest absolute Gasteiger partial charge is 0.326 e. The zero-order valence-corrected chi connectivity index (χ0v) is 14.0.